The minimum atomic E-state index is -0.273. The molecule has 0 spiro atoms. The van der Waals surface area contributed by atoms with Gasteiger partial charge in [-0.2, -0.15) is 0 Å². The molecule has 2 unspecified atom stereocenters. The number of aliphatic hydroxyl groups is 1. The molecule has 3 heteroatoms. The minimum absolute atomic E-state index is 0.0218. The number of hydrogen-bond acceptors (Lipinski definition) is 2. The number of aliphatic hydroxyl groups excluding tert-OH is 1. The van der Waals surface area contributed by atoms with Crippen LogP contribution >= 0.6 is 0 Å². The molecule has 0 aromatic carbocycles. The summed E-state index contributed by atoms with van der Waals surface area (Å²) in [4.78, 5) is 11.3. The normalized spacial score (nSPS) is 31.2. The first-order valence-corrected chi connectivity index (χ1v) is 4.84. The van der Waals surface area contributed by atoms with E-state index in [1.807, 2.05) is 27.7 Å². The van der Waals surface area contributed by atoms with E-state index in [2.05, 4.69) is 5.32 Å². The molecule has 0 bridgehead atoms. The summed E-state index contributed by atoms with van der Waals surface area (Å²) in [5.74, 6) is 0.0958. The number of amides is 1. The van der Waals surface area contributed by atoms with Gasteiger partial charge in [0.2, 0.25) is 5.91 Å². The van der Waals surface area contributed by atoms with E-state index in [1.54, 1.807) is 0 Å². The van der Waals surface area contributed by atoms with Gasteiger partial charge in [0.05, 0.1) is 6.10 Å². The highest BCUT2D eigenvalue weighted by atomic mass is 16.3. The zero-order valence-corrected chi connectivity index (χ0v) is 8.79. The van der Waals surface area contributed by atoms with E-state index in [4.69, 9.17) is 0 Å². The molecule has 1 fully saturated rings. The first-order chi connectivity index (χ1) is 5.85. The van der Waals surface area contributed by atoms with Crippen molar-refractivity contribution in [2.24, 2.45) is 11.3 Å². The van der Waals surface area contributed by atoms with Crippen LogP contribution in [-0.4, -0.2) is 23.2 Å². The molecule has 1 amide bonds. The van der Waals surface area contributed by atoms with Crippen LogP contribution < -0.4 is 5.32 Å². The highest BCUT2D eigenvalue weighted by molar-refractivity contribution is 5.78. The number of nitrogens with one attached hydrogen (secondary N) is 1. The maximum absolute atomic E-state index is 11.3. The molecule has 1 rings (SSSR count). The first kappa shape index (κ1) is 10.5. The summed E-state index contributed by atoms with van der Waals surface area (Å²) in [6.07, 6.45) is 0.413. The summed E-state index contributed by atoms with van der Waals surface area (Å²) >= 11 is 0. The fraction of sp³-hybridized carbons (Fsp3) is 0.900. The molecule has 13 heavy (non-hydrogen) atoms. The van der Waals surface area contributed by atoms with E-state index in [9.17, 15) is 9.90 Å². The van der Waals surface area contributed by atoms with Crippen molar-refractivity contribution < 1.29 is 9.90 Å². The summed E-state index contributed by atoms with van der Waals surface area (Å²) in [5.41, 5.74) is -0.162. The van der Waals surface area contributed by atoms with Crippen LogP contribution in [0.1, 0.15) is 34.1 Å². The lowest BCUT2D eigenvalue weighted by molar-refractivity contribution is -0.132. The van der Waals surface area contributed by atoms with Crippen LogP contribution in [0.3, 0.4) is 0 Å². The summed E-state index contributed by atoms with van der Waals surface area (Å²) in [6, 6.07) is 0.136. The van der Waals surface area contributed by atoms with Gasteiger partial charge in [0, 0.05) is 17.4 Å². The summed E-state index contributed by atoms with van der Waals surface area (Å²) in [5, 5.41) is 12.4. The van der Waals surface area contributed by atoms with Crippen molar-refractivity contribution in [1.82, 2.24) is 5.32 Å². The predicted octanol–water partition coefficient (Wildman–Crippen LogP) is 0.918. The number of hydrogen-bond donors (Lipinski definition) is 2. The van der Waals surface area contributed by atoms with Crippen molar-refractivity contribution in [3.63, 3.8) is 0 Å². The molecule has 0 aliphatic heterocycles. The smallest absolute Gasteiger partial charge is 0.222 e. The average Bonchev–Trinajstić information content (AvgIpc) is 2.03. The molecular formula is C10H19NO2. The lowest BCUT2D eigenvalue weighted by Gasteiger charge is -2.49. The van der Waals surface area contributed by atoms with E-state index < -0.39 is 0 Å². The Hall–Kier alpha value is -0.570. The quantitative estimate of drug-likeness (QED) is 0.672. The number of carbonyl (C=O) groups excluding carboxylic acids is 1. The fourth-order valence-electron chi connectivity index (χ4n) is 1.49. The second-order valence-corrected chi connectivity index (χ2v) is 4.79. The maximum Gasteiger partial charge on any atom is 0.222 e. The molecule has 1 saturated carbocycles. The first-order valence-electron chi connectivity index (χ1n) is 4.84. The van der Waals surface area contributed by atoms with Crippen LogP contribution in [0.15, 0.2) is 0 Å². The SMILES string of the molecule is CC(C)C(=O)NC1CC(O)C1(C)C. The lowest BCUT2D eigenvalue weighted by Crippen LogP contribution is -2.61. The average molecular weight is 185 g/mol. The topological polar surface area (TPSA) is 49.3 Å². The van der Waals surface area contributed by atoms with E-state index in [0.717, 1.165) is 0 Å². The van der Waals surface area contributed by atoms with Gasteiger partial charge in [-0.15, -0.1) is 0 Å². The van der Waals surface area contributed by atoms with Crippen molar-refractivity contribution in [2.45, 2.75) is 46.3 Å². The number of rotatable bonds is 2. The Morgan fingerprint density at radius 3 is 2.38 bits per heavy atom. The molecule has 0 aromatic rings. The van der Waals surface area contributed by atoms with Gasteiger partial charge in [0.25, 0.3) is 0 Å². The molecule has 2 atom stereocenters. The highest BCUT2D eigenvalue weighted by Gasteiger charge is 2.47. The summed E-state index contributed by atoms with van der Waals surface area (Å²) in [6.45, 7) is 7.70. The second kappa shape index (κ2) is 3.29. The van der Waals surface area contributed by atoms with Crippen LogP contribution in [0.25, 0.3) is 0 Å². The maximum atomic E-state index is 11.3. The number of carbonyl (C=O) groups is 1. The molecule has 76 valence electrons. The molecular weight excluding hydrogens is 166 g/mol. The largest absolute Gasteiger partial charge is 0.392 e. The van der Waals surface area contributed by atoms with Gasteiger partial charge in [0.15, 0.2) is 0 Å². The molecule has 1 aliphatic rings. The van der Waals surface area contributed by atoms with Gasteiger partial charge in [0.1, 0.15) is 0 Å². The van der Waals surface area contributed by atoms with Gasteiger partial charge in [-0.1, -0.05) is 27.7 Å². The second-order valence-electron chi connectivity index (χ2n) is 4.79. The summed E-state index contributed by atoms with van der Waals surface area (Å²) < 4.78 is 0. The molecule has 0 heterocycles. The Morgan fingerprint density at radius 1 is 1.54 bits per heavy atom. The van der Waals surface area contributed by atoms with Crippen molar-refractivity contribution in [1.29, 1.82) is 0 Å². The van der Waals surface area contributed by atoms with E-state index in [0.29, 0.717) is 6.42 Å². The van der Waals surface area contributed by atoms with Crippen LogP contribution in [0.5, 0.6) is 0 Å². The van der Waals surface area contributed by atoms with Crippen LogP contribution in [0.4, 0.5) is 0 Å². The molecule has 3 nitrogen and oxygen atoms in total. The molecule has 0 aromatic heterocycles. The van der Waals surface area contributed by atoms with Gasteiger partial charge in [-0.3, -0.25) is 4.79 Å². The summed E-state index contributed by atoms with van der Waals surface area (Å²) in [7, 11) is 0. The third kappa shape index (κ3) is 1.85. The Kier molecular flexibility index (Phi) is 2.66. The molecule has 0 saturated heterocycles. The van der Waals surface area contributed by atoms with E-state index >= 15 is 0 Å². The predicted molar refractivity (Wildman–Crippen MR) is 51.2 cm³/mol. The van der Waals surface area contributed by atoms with Crippen molar-refractivity contribution in [3.8, 4) is 0 Å². The van der Waals surface area contributed by atoms with Crippen LogP contribution in [-0.2, 0) is 4.79 Å². The van der Waals surface area contributed by atoms with Crippen molar-refractivity contribution >= 4 is 5.91 Å². The van der Waals surface area contributed by atoms with Crippen LogP contribution in [0.2, 0.25) is 0 Å². The van der Waals surface area contributed by atoms with E-state index in [-0.39, 0.29) is 29.4 Å². The minimum Gasteiger partial charge on any atom is -0.392 e. The van der Waals surface area contributed by atoms with Gasteiger partial charge < -0.3 is 10.4 Å². The van der Waals surface area contributed by atoms with Gasteiger partial charge >= 0.3 is 0 Å². The monoisotopic (exact) mass is 185 g/mol. The van der Waals surface area contributed by atoms with E-state index in [1.165, 1.54) is 0 Å². The molecule has 2 N–H and O–H groups in total. The van der Waals surface area contributed by atoms with Gasteiger partial charge in [-0.05, 0) is 6.42 Å². The third-order valence-corrected chi connectivity index (χ3v) is 3.06. The Balaban J connectivity index is 2.45. The van der Waals surface area contributed by atoms with Gasteiger partial charge in [-0.25, -0.2) is 0 Å². The third-order valence-electron chi connectivity index (χ3n) is 3.06. The molecule has 0 radical (unpaired) electrons. The zero-order valence-electron chi connectivity index (χ0n) is 8.79. The van der Waals surface area contributed by atoms with Crippen molar-refractivity contribution in [2.75, 3.05) is 0 Å². The zero-order chi connectivity index (χ0) is 10.2. The highest BCUT2D eigenvalue weighted by Crippen LogP contribution is 2.40. The Labute approximate surface area is 79.5 Å². The standard InChI is InChI=1S/C10H19NO2/c1-6(2)9(13)11-7-5-8(12)10(7,3)4/h6-8,12H,5H2,1-4H3,(H,11,13). The molecule has 1 aliphatic carbocycles. The van der Waals surface area contributed by atoms with Crippen molar-refractivity contribution in [3.05, 3.63) is 0 Å². The lowest BCUT2D eigenvalue weighted by atomic mass is 9.64. The fourth-order valence-corrected chi connectivity index (χ4v) is 1.49. The Bertz CT molecular complexity index is 211. The van der Waals surface area contributed by atoms with Crippen LogP contribution in [0, 0.1) is 11.3 Å². The Morgan fingerprint density at radius 2 is 2.08 bits per heavy atom.